The molecule has 1 aliphatic carbocycles. The van der Waals surface area contributed by atoms with E-state index in [4.69, 9.17) is 9.47 Å². The van der Waals surface area contributed by atoms with Gasteiger partial charge in [0.1, 0.15) is 6.61 Å². The maximum Gasteiger partial charge on any atom is 0.309 e. The van der Waals surface area contributed by atoms with E-state index in [1.807, 2.05) is 6.08 Å². The molecule has 1 aliphatic rings. The topological polar surface area (TPSA) is 134 Å². The Balaban J connectivity index is 2.24. The van der Waals surface area contributed by atoms with E-state index in [1.165, 1.54) is 51.4 Å². The van der Waals surface area contributed by atoms with Crippen molar-refractivity contribution in [3.8, 4) is 0 Å². The van der Waals surface area contributed by atoms with Crippen LogP contribution < -0.4 is 0 Å². The molecule has 43 heavy (non-hydrogen) atoms. The van der Waals surface area contributed by atoms with Crippen LogP contribution in [0.4, 0.5) is 0 Å². The van der Waals surface area contributed by atoms with Crippen molar-refractivity contribution in [2.45, 2.75) is 160 Å². The molecule has 0 unspecified atom stereocenters. The van der Waals surface area contributed by atoms with Crippen molar-refractivity contribution in [2.75, 3.05) is 13.2 Å². The first kappa shape index (κ1) is 39.3. The highest BCUT2D eigenvalue weighted by atomic mass is 16.6. The average molecular weight is 611 g/mol. The van der Waals surface area contributed by atoms with Crippen molar-refractivity contribution in [2.24, 2.45) is 11.8 Å². The number of hydrogen-bond donors (Lipinski definition) is 4. The molecule has 0 heterocycles. The maximum absolute atomic E-state index is 12.2. The number of carbonyl (C=O) groups excluding carboxylic acids is 2. The summed E-state index contributed by atoms with van der Waals surface area (Å²) in [6.07, 6.45) is 22.2. The number of rotatable bonds is 26. The van der Waals surface area contributed by atoms with Crippen molar-refractivity contribution in [1.29, 1.82) is 0 Å². The highest BCUT2D eigenvalue weighted by molar-refractivity contribution is 5.71. The van der Waals surface area contributed by atoms with Gasteiger partial charge in [-0.1, -0.05) is 122 Å². The molecule has 1 rings (SSSR count). The Labute approximate surface area is 260 Å². The zero-order chi connectivity index (χ0) is 31.7. The van der Waals surface area contributed by atoms with Gasteiger partial charge in [-0.05, 0) is 25.2 Å². The molecule has 1 fully saturated rings. The zero-order valence-electron chi connectivity index (χ0n) is 27.0. The quantitative estimate of drug-likeness (QED) is 0.0508. The standard InChI is InChI=1S/C35H62O8/c1-3-5-7-8-9-10-11-12-13-14-16-22-35(41)43-29(26-36)27-42-34(40)21-18-17-20-30-31(33(39)25-32(30)38)24-23-28(37)19-15-6-4-2/h17-18,23-24,28-33,36-39H,3-16,19-22,25-27H2,1-2H3/b18-17-,24-23+/t28-,29+,30+,31-,32+,33-/m1/s1. The van der Waals surface area contributed by atoms with E-state index in [0.717, 1.165) is 38.5 Å². The molecule has 0 saturated heterocycles. The van der Waals surface area contributed by atoms with Gasteiger partial charge in [-0.3, -0.25) is 9.59 Å². The summed E-state index contributed by atoms with van der Waals surface area (Å²) in [6.45, 7) is 3.72. The van der Waals surface area contributed by atoms with Crippen LogP contribution in [0.1, 0.15) is 136 Å². The highest BCUT2D eigenvalue weighted by Crippen LogP contribution is 2.36. The Morgan fingerprint density at radius 2 is 1.42 bits per heavy atom. The summed E-state index contributed by atoms with van der Waals surface area (Å²) in [5.41, 5.74) is 0. The van der Waals surface area contributed by atoms with Crippen LogP contribution in [0.2, 0.25) is 0 Å². The molecule has 8 nitrogen and oxygen atoms in total. The van der Waals surface area contributed by atoms with Gasteiger partial charge >= 0.3 is 11.9 Å². The van der Waals surface area contributed by atoms with Crippen LogP contribution >= 0.6 is 0 Å². The summed E-state index contributed by atoms with van der Waals surface area (Å²) in [4.78, 5) is 24.3. The zero-order valence-corrected chi connectivity index (χ0v) is 27.0. The van der Waals surface area contributed by atoms with E-state index in [-0.39, 0.29) is 37.3 Å². The SMILES string of the molecule is CCCCCCCCCCCCCC(=O)O[C@@H](CO)COC(=O)C/C=C\C[C@H]1[C@@H](/C=C/[C@H](O)CCCCC)[C@H](O)C[C@@H]1O. The fourth-order valence-corrected chi connectivity index (χ4v) is 5.64. The molecule has 0 aliphatic heterocycles. The predicted molar refractivity (Wildman–Crippen MR) is 170 cm³/mol. The number of aliphatic hydroxyl groups excluding tert-OH is 4. The van der Waals surface area contributed by atoms with E-state index < -0.39 is 37.0 Å². The first-order valence-corrected chi connectivity index (χ1v) is 17.2. The molecule has 1 saturated carbocycles. The molecule has 0 aromatic heterocycles. The Hall–Kier alpha value is -1.74. The van der Waals surface area contributed by atoms with Crippen LogP contribution in [-0.2, 0) is 19.1 Å². The lowest BCUT2D eigenvalue weighted by molar-refractivity contribution is -0.161. The number of hydrogen-bond acceptors (Lipinski definition) is 8. The van der Waals surface area contributed by atoms with E-state index in [2.05, 4.69) is 13.8 Å². The molecule has 250 valence electrons. The van der Waals surface area contributed by atoms with Gasteiger partial charge in [0, 0.05) is 18.8 Å². The third-order valence-corrected chi connectivity index (χ3v) is 8.35. The van der Waals surface area contributed by atoms with Crippen molar-refractivity contribution in [3.05, 3.63) is 24.3 Å². The van der Waals surface area contributed by atoms with Crippen LogP contribution in [-0.4, -0.2) is 70.0 Å². The van der Waals surface area contributed by atoms with Gasteiger partial charge in [0.2, 0.25) is 0 Å². The Morgan fingerprint density at radius 1 is 0.814 bits per heavy atom. The monoisotopic (exact) mass is 610 g/mol. The highest BCUT2D eigenvalue weighted by Gasteiger charge is 2.39. The normalized spacial score (nSPS) is 21.9. The minimum absolute atomic E-state index is 0.00680. The van der Waals surface area contributed by atoms with Crippen molar-refractivity contribution in [1.82, 2.24) is 0 Å². The summed E-state index contributed by atoms with van der Waals surface area (Å²) in [5, 5.41) is 40.5. The molecular weight excluding hydrogens is 548 g/mol. The fourth-order valence-electron chi connectivity index (χ4n) is 5.64. The Bertz CT molecular complexity index is 767. The molecule has 0 aromatic rings. The number of esters is 2. The number of unbranched alkanes of at least 4 members (excludes halogenated alkanes) is 12. The molecule has 8 heteroatoms. The van der Waals surface area contributed by atoms with Crippen molar-refractivity contribution < 1.29 is 39.5 Å². The van der Waals surface area contributed by atoms with Gasteiger partial charge < -0.3 is 29.9 Å². The molecule has 0 bridgehead atoms. The molecule has 0 amide bonds. The first-order chi connectivity index (χ1) is 20.8. The molecule has 4 N–H and O–H groups in total. The van der Waals surface area contributed by atoms with Gasteiger partial charge in [0.05, 0.1) is 31.3 Å². The third-order valence-electron chi connectivity index (χ3n) is 8.35. The number of aliphatic hydroxyl groups is 4. The minimum Gasteiger partial charge on any atom is -0.461 e. The number of ether oxygens (including phenoxy) is 2. The predicted octanol–water partition coefficient (Wildman–Crippen LogP) is 6.33. The van der Waals surface area contributed by atoms with Gasteiger partial charge in [-0.15, -0.1) is 0 Å². The van der Waals surface area contributed by atoms with Gasteiger partial charge in [-0.25, -0.2) is 0 Å². The molecule has 0 aromatic carbocycles. The molecule has 0 spiro atoms. The average Bonchev–Trinajstić information content (AvgIpc) is 3.26. The Kier molecular flexibility index (Phi) is 23.4. The second-order valence-corrected chi connectivity index (χ2v) is 12.2. The summed E-state index contributed by atoms with van der Waals surface area (Å²) < 4.78 is 10.5. The van der Waals surface area contributed by atoms with Crippen molar-refractivity contribution >= 4 is 11.9 Å². The summed E-state index contributed by atoms with van der Waals surface area (Å²) in [5.74, 6) is -1.37. The van der Waals surface area contributed by atoms with Gasteiger partial charge in [0.15, 0.2) is 6.10 Å². The van der Waals surface area contributed by atoms with Gasteiger partial charge in [0.25, 0.3) is 0 Å². The van der Waals surface area contributed by atoms with Crippen LogP contribution in [0.25, 0.3) is 0 Å². The number of allylic oxidation sites excluding steroid dienone is 1. The van der Waals surface area contributed by atoms with E-state index >= 15 is 0 Å². The summed E-state index contributed by atoms with van der Waals surface area (Å²) in [6, 6.07) is 0. The lowest BCUT2D eigenvalue weighted by Crippen LogP contribution is -2.28. The Morgan fingerprint density at radius 3 is 2.05 bits per heavy atom. The number of carbonyl (C=O) groups is 2. The largest absolute Gasteiger partial charge is 0.461 e. The summed E-state index contributed by atoms with van der Waals surface area (Å²) >= 11 is 0. The van der Waals surface area contributed by atoms with E-state index in [9.17, 15) is 30.0 Å². The molecule has 0 radical (unpaired) electrons. The van der Waals surface area contributed by atoms with E-state index in [0.29, 0.717) is 19.3 Å². The van der Waals surface area contributed by atoms with Crippen LogP contribution in [0.15, 0.2) is 24.3 Å². The maximum atomic E-state index is 12.2. The second kappa shape index (κ2) is 25.6. The molecule has 6 atom stereocenters. The van der Waals surface area contributed by atoms with Crippen molar-refractivity contribution in [3.63, 3.8) is 0 Å². The van der Waals surface area contributed by atoms with E-state index in [1.54, 1.807) is 18.2 Å². The van der Waals surface area contributed by atoms with Gasteiger partial charge in [-0.2, -0.15) is 0 Å². The third kappa shape index (κ3) is 19.3. The first-order valence-electron chi connectivity index (χ1n) is 17.2. The summed E-state index contributed by atoms with van der Waals surface area (Å²) in [7, 11) is 0. The van der Waals surface area contributed by atoms with Crippen LogP contribution in [0.3, 0.4) is 0 Å². The second-order valence-electron chi connectivity index (χ2n) is 12.2. The lowest BCUT2D eigenvalue weighted by Gasteiger charge is -2.19. The smallest absolute Gasteiger partial charge is 0.309 e. The van der Waals surface area contributed by atoms with Crippen LogP contribution in [0.5, 0.6) is 0 Å². The lowest BCUT2D eigenvalue weighted by atomic mass is 9.89. The molecular formula is C35H62O8. The minimum atomic E-state index is -0.881. The fraction of sp³-hybridized carbons (Fsp3) is 0.829. The van der Waals surface area contributed by atoms with Crippen LogP contribution in [0, 0.1) is 11.8 Å².